The molecule has 1 aliphatic heterocycles. The molecule has 8 nitrogen and oxygen atoms in total. The molecule has 1 N–H and O–H groups in total. The second-order valence-corrected chi connectivity index (χ2v) is 9.61. The highest BCUT2D eigenvalue weighted by Gasteiger charge is 2.44. The highest BCUT2D eigenvalue weighted by molar-refractivity contribution is 7.80. The number of thiocarbonyl (C=S) groups is 1. The maximum absolute atomic E-state index is 13.7. The summed E-state index contributed by atoms with van der Waals surface area (Å²) in [6, 6.07) is 17.5. The Hall–Kier alpha value is -4.18. The van der Waals surface area contributed by atoms with Crippen molar-refractivity contribution in [2.24, 2.45) is 0 Å². The molecule has 1 saturated heterocycles. The number of hydrogen-bond donors (Lipinski definition) is 1. The minimum absolute atomic E-state index is 0.114. The predicted molar refractivity (Wildman–Crippen MR) is 160 cm³/mol. The molecule has 0 saturated carbocycles. The molecule has 3 aromatic carbocycles. The SMILES string of the molecule is CCOc1ccc(NC(=O)C[C@@H]2C(=O)N(c3ccc(F)cc3)C(=S)N2CCc2ccc(OCC)c(OCC)c2)cc1. The second-order valence-electron chi connectivity index (χ2n) is 9.25. The van der Waals surface area contributed by atoms with Gasteiger partial charge in [-0.3, -0.25) is 14.5 Å². The van der Waals surface area contributed by atoms with Crippen molar-refractivity contribution in [2.45, 2.75) is 39.7 Å². The molecule has 2 amide bonds. The van der Waals surface area contributed by atoms with Crippen molar-refractivity contribution < 1.29 is 28.2 Å². The number of anilines is 2. The fraction of sp³-hybridized carbons (Fsp3) is 0.323. The van der Waals surface area contributed by atoms with Crippen LogP contribution in [0.1, 0.15) is 32.8 Å². The zero-order valence-corrected chi connectivity index (χ0v) is 24.2. The lowest BCUT2D eigenvalue weighted by molar-refractivity contribution is -0.124. The zero-order valence-electron chi connectivity index (χ0n) is 23.4. The van der Waals surface area contributed by atoms with Crippen molar-refractivity contribution in [1.82, 2.24) is 4.90 Å². The minimum atomic E-state index is -0.829. The topological polar surface area (TPSA) is 80.3 Å². The van der Waals surface area contributed by atoms with E-state index in [0.29, 0.717) is 61.4 Å². The Kier molecular flexibility index (Phi) is 10.1. The first-order valence-electron chi connectivity index (χ1n) is 13.7. The second kappa shape index (κ2) is 13.9. The number of nitrogens with one attached hydrogen (secondary N) is 1. The normalized spacial score (nSPS) is 14.8. The first-order valence-corrected chi connectivity index (χ1v) is 14.1. The lowest BCUT2D eigenvalue weighted by Gasteiger charge is -2.24. The van der Waals surface area contributed by atoms with E-state index in [1.165, 1.54) is 29.2 Å². The van der Waals surface area contributed by atoms with Gasteiger partial charge in [0.05, 0.1) is 31.9 Å². The van der Waals surface area contributed by atoms with E-state index in [-0.39, 0.29) is 23.3 Å². The van der Waals surface area contributed by atoms with Crippen LogP contribution < -0.4 is 24.4 Å². The van der Waals surface area contributed by atoms with E-state index in [1.807, 2.05) is 39.0 Å². The standard InChI is InChI=1S/C31H34FN3O5S/c1-4-38-25-14-10-23(11-15-25)33-29(36)20-26-30(37)35(24-12-8-22(32)9-13-24)31(41)34(26)18-17-21-7-16-27(39-5-2)28(19-21)40-6-3/h7-16,19,26H,4-6,17-18,20H2,1-3H3,(H,33,36)/t26-/m1/s1. The van der Waals surface area contributed by atoms with Gasteiger partial charge in [0.2, 0.25) is 5.91 Å². The van der Waals surface area contributed by atoms with Crippen molar-refractivity contribution in [3.8, 4) is 17.2 Å². The highest BCUT2D eigenvalue weighted by Crippen LogP contribution is 2.31. The van der Waals surface area contributed by atoms with Crippen LogP contribution in [0.15, 0.2) is 66.7 Å². The van der Waals surface area contributed by atoms with E-state index >= 15 is 0 Å². The Morgan fingerprint density at radius 2 is 1.56 bits per heavy atom. The van der Waals surface area contributed by atoms with E-state index in [0.717, 1.165) is 5.56 Å². The number of carbonyl (C=O) groups excluding carboxylic acids is 2. The summed E-state index contributed by atoms with van der Waals surface area (Å²) in [5, 5.41) is 3.12. The smallest absolute Gasteiger partial charge is 0.256 e. The number of amides is 2. The number of halogens is 1. The lowest BCUT2D eigenvalue weighted by atomic mass is 10.1. The molecular formula is C31H34FN3O5S. The fourth-order valence-corrected chi connectivity index (χ4v) is 5.02. The van der Waals surface area contributed by atoms with Gasteiger partial charge in [-0.25, -0.2) is 4.39 Å². The number of ether oxygens (including phenoxy) is 3. The Bertz CT molecular complexity index is 1370. The molecule has 1 heterocycles. The van der Waals surface area contributed by atoms with Gasteiger partial charge in [0.1, 0.15) is 17.6 Å². The lowest BCUT2D eigenvalue weighted by Crippen LogP contribution is -2.39. The van der Waals surface area contributed by atoms with E-state index in [4.69, 9.17) is 26.4 Å². The Morgan fingerprint density at radius 3 is 2.22 bits per heavy atom. The molecule has 0 aromatic heterocycles. The van der Waals surface area contributed by atoms with Crippen LogP contribution in [0, 0.1) is 5.82 Å². The summed E-state index contributed by atoms with van der Waals surface area (Å²) < 4.78 is 30.5. The maximum atomic E-state index is 13.7. The predicted octanol–water partition coefficient (Wildman–Crippen LogP) is 5.60. The summed E-state index contributed by atoms with van der Waals surface area (Å²) in [5.74, 6) is 0.910. The molecule has 1 fully saturated rings. The Labute approximate surface area is 245 Å². The van der Waals surface area contributed by atoms with Crippen molar-refractivity contribution in [3.05, 3.63) is 78.1 Å². The van der Waals surface area contributed by atoms with Gasteiger partial charge in [0.25, 0.3) is 5.91 Å². The maximum Gasteiger partial charge on any atom is 0.256 e. The van der Waals surface area contributed by atoms with E-state index in [2.05, 4.69) is 5.32 Å². The highest BCUT2D eigenvalue weighted by atomic mass is 32.1. The van der Waals surface area contributed by atoms with Crippen LogP contribution in [-0.4, -0.2) is 54.2 Å². The summed E-state index contributed by atoms with van der Waals surface area (Å²) in [5.41, 5.74) is 2.00. The monoisotopic (exact) mass is 579 g/mol. The molecule has 0 bridgehead atoms. The number of benzene rings is 3. The van der Waals surface area contributed by atoms with Gasteiger partial charge in [-0.1, -0.05) is 6.07 Å². The van der Waals surface area contributed by atoms with Gasteiger partial charge >= 0.3 is 0 Å². The van der Waals surface area contributed by atoms with E-state index in [1.54, 1.807) is 29.2 Å². The summed E-state index contributed by atoms with van der Waals surface area (Å²) in [6.07, 6.45) is 0.422. The number of rotatable bonds is 13. The van der Waals surface area contributed by atoms with Gasteiger partial charge < -0.3 is 24.4 Å². The third kappa shape index (κ3) is 7.32. The van der Waals surface area contributed by atoms with E-state index < -0.39 is 11.9 Å². The Morgan fingerprint density at radius 1 is 0.902 bits per heavy atom. The van der Waals surface area contributed by atoms with Crippen LogP contribution in [0.3, 0.4) is 0 Å². The zero-order chi connectivity index (χ0) is 29.4. The van der Waals surface area contributed by atoms with Crippen LogP contribution in [0.25, 0.3) is 0 Å². The number of nitrogens with zero attached hydrogens (tertiary/aromatic N) is 2. The van der Waals surface area contributed by atoms with Crippen molar-refractivity contribution >= 4 is 40.5 Å². The van der Waals surface area contributed by atoms with Crippen LogP contribution in [0.4, 0.5) is 15.8 Å². The largest absolute Gasteiger partial charge is 0.494 e. The van der Waals surface area contributed by atoms with Crippen LogP contribution in [-0.2, 0) is 16.0 Å². The average molecular weight is 580 g/mol. The van der Waals surface area contributed by atoms with Crippen LogP contribution >= 0.6 is 12.2 Å². The molecule has 4 rings (SSSR count). The fourth-order valence-electron chi connectivity index (χ4n) is 4.60. The van der Waals surface area contributed by atoms with Gasteiger partial charge in [-0.05, 0) is 106 Å². The van der Waals surface area contributed by atoms with Crippen molar-refractivity contribution in [1.29, 1.82) is 0 Å². The number of hydrogen-bond acceptors (Lipinski definition) is 6. The van der Waals surface area contributed by atoms with Gasteiger partial charge in [0.15, 0.2) is 16.6 Å². The average Bonchev–Trinajstić information content (AvgIpc) is 3.18. The van der Waals surface area contributed by atoms with Crippen molar-refractivity contribution in [3.63, 3.8) is 0 Å². The molecule has 0 radical (unpaired) electrons. The quantitative estimate of drug-likeness (QED) is 0.264. The van der Waals surface area contributed by atoms with Crippen LogP contribution in [0.2, 0.25) is 0 Å². The molecule has 41 heavy (non-hydrogen) atoms. The third-order valence-electron chi connectivity index (χ3n) is 6.48. The van der Waals surface area contributed by atoms with Gasteiger partial charge in [0, 0.05) is 12.2 Å². The molecule has 0 aliphatic carbocycles. The van der Waals surface area contributed by atoms with Gasteiger partial charge in [-0.2, -0.15) is 0 Å². The van der Waals surface area contributed by atoms with Crippen molar-refractivity contribution in [2.75, 3.05) is 36.6 Å². The summed E-state index contributed by atoms with van der Waals surface area (Å²) in [6.45, 7) is 7.64. The number of carbonyl (C=O) groups is 2. The van der Waals surface area contributed by atoms with E-state index in [9.17, 15) is 14.0 Å². The molecular weight excluding hydrogens is 545 g/mol. The molecule has 1 atom stereocenters. The molecule has 1 aliphatic rings. The summed E-state index contributed by atoms with van der Waals surface area (Å²) in [4.78, 5) is 29.9. The summed E-state index contributed by atoms with van der Waals surface area (Å²) >= 11 is 5.74. The van der Waals surface area contributed by atoms with Gasteiger partial charge in [-0.15, -0.1) is 0 Å². The third-order valence-corrected chi connectivity index (χ3v) is 6.90. The van der Waals surface area contributed by atoms with Crippen LogP contribution in [0.5, 0.6) is 17.2 Å². The first kappa shape index (κ1) is 29.8. The molecule has 3 aromatic rings. The Balaban J connectivity index is 1.54. The molecule has 0 spiro atoms. The first-order chi connectivity index (χ1) is 19.8. The molecule has 0 unspecified atom stereocenters. The molecule has 216 valence electrons. The minimum Gasteiger partial charge on any atom is -0.494 e. The molecule has 10 heteroatoms. The summed E-state index contributed by atoms with van der Waals surface area (Å²) in [7, 11) is 0.